The minimum atomic E-state index is -0.444. The minimum Gasteiger partial charge on any atom is -0.425 e. The molecule has 0 amide bonds. The van der Waals surface area contributed by atoms with Crippen molar-refractivity contribution in [2.24, 2.45) is 0 Å². The van der Waals surface area contributed by atoms with Crippen molar-refractivity contribution < 1.29 is 28.8 Å². The average Bonchev–Trinajstić information content (AvgIpc) is 2.62. The van der Waals surface area contributed by atoms with Crippen LogP contribution in [0, 0.1) is 0 Å². The summed E-state index contributed by atoms with van der Waals surface area (Å²) in [4.78, 5) is 21.5. The van der Waals surface area contributed by atoms with Gasteiger partial charge < -0.3 is 19.1 Å². The summed E-state index contributed by atoms with van der Waals surface area (Å²) in [6.07, 6.45) is 0. The quantitative estimate of drug-likeness (QED) is 0.207. The summed E-state index contributed by atoms with van der Waals surface area (Å²) in [6, 6.07) is 18.0. The van der Waals surface area contributed by atoms with Gasteiger partial charge in [-0.15, -0.1) is 0 Å². The largest absolute Gasteiger partial charge is 0.425 e. The maximum atomic E-state index is 11.5. The number of carbonyl (C=O) groups excluding carboxylic acids is 1. The molecular formula is C18H20O6. The van der Waals surface area contributed by atoms with Crippen molar-refractivity contribution in [1.82, 2.24) is 0 Å². The Morgan fingerprint density at radius 1 is 0.708 bits per heavy atom. The minimum absolute atomic E-state index is 0.119. The molecular weight excluding hydrogens is 312 g/mol. The highest BCUT2D eigenvalue weighted by molar-refractivity contribution is 5.73. The second-order valence-corrected chi connectivity index (χ2v) is 4.67. The molecule has 0 saturated carbocycles. The van der Waals surface area contributed by atoms with Gasteiger partial charge in [0.1, 0.15) is 19.0 Å². The molecule has 6 heteroatoms. The zero-order chi connectivity index (χ0) is 16.9. The van der Waals surface area contributed by atoms with Crippen LogP contribution in [-0.4, -0.2) is 39.0 Å². The molecule has 0 saturated heterocycles. The van der Waals surface area contributed by atoms with Crippen molar-refractivity contribution in [3.63, 3.8) is 0 Å². The molecule has 2 aromatic rings. The van der Waals surface area contributed by atoms with Gasteiger partial charge in [0.05, 0.1) is 19.8 Å². The van der Waals surface area contributed by atoms with Crippen LogP contribution in [0.1, 0.15) is 0 Å². The van der Waals surface area contributed by atoms with E-state index in [1.165, 1.54) is 0 Å². The van der Waals surface area contributed by atoms with E-state index in [9.17, 15) is 4.79 Å². The molecule has 0 fully saturated rings. The average molecular weight is 332 g/mol. The predicted molar refractivity (Wildman–Crippen MR) is 86.7 cm³/mol. The second kappa shape index (κ2) is 11.2. The van der Waals surface area contributed by atoms with Gasteiger partial charge in [0.15, 0.2) is 5.75 Å². The van der Waals surface area contributed by atoms with Gasteiger partial charge in [-0.3, -0.25) is 0 Å². The highest BCUT2D eigenvalue weighted by Gasteiger charge is 2.04. The predicted octanol–water partition coefficient (Wildman–Crippen LogP) is 2.64. The van der Waals surface area contributed by atoms with Crippen LogP contribution in [0.15, 0.2) is 60.7 Å². The van der Waals surface area contributed by atoms with E-state index in [2.05, 4.69) is 0 Å². The third-order valence-electron chi connectivity index (χ3n) is 2.78. The van der Waals surface area contributed by atoms with Crippen molar-refractivity contribution in [3.8, 4) is 11.5 Å². The fourth-order valence-electron chi connectivity index (χ4n) is 1.70. The summed E-state index contributed by atoms with van der Waals surface area (Å²) in [5, 5.41) is 0. The smallest absolute Gasteiger partial charge is 0.337 e. The number of benzene rings is 2. The first-order valence-electron chi connectivity index (χ1n) is 7.60. The van der Waals surface area contributed by atoms with Crippen molar-refractivity contribution in [2.75, 3.05) is 33.0 Å². The Hall–Kier alpha value is -2.41. The topological polar surface area (TPSA) is 63.2 Å². The molecule has 0 aliphatic carbocycles. The third-order valence-corrected chi connectivity index (χ3v) is 2.78. The summed E-state index contributed by atoms with van der Waals surface area (Å²) >= 11 is 0. The Bertz CT molecular complexity index is 573. The lowest BCUT2D eigenvalue weighted by Gasteiger charge is -2.07. The number of esters is 1. The highest BCUT2D eigenvalue weighted by Crippen LogP contribution is 2.09. The molecule has 0 atom stereocenters. The van der Waals surface area contributed by atoms with Crippen LogP contribution in [0.25, 0.3) is 0 Å². The molecule has 6 nitrogen and oxygen atoms in total. The second-order valence-electron chi connectivity index (χ2n) is 4.67. The number of rotatable bonds is 11. The number of hydrogen-bond donors (Lipinski definition) is 0. The first kappa shape index (κ1) is 17.9. The molecule has 0 aliphatic heterocycles. The number of ether oxygens (including phenoxy) is 3. The highest BCUT2D eigenvalue weighted by atomic mass is 17.2. The SMILES string of the molecule is O=C(COCCOCCOOc1ccccc1)Oc1ccccc1. The summed E-state index contributed by atoms with van der Waals surface area (Å²) in [7, 11) is 0. The molecule has 2 rings (SSSR count). The molecule has 0 heterocycles. The van der Waals surface area contributed by atoms with Crippen molar-refractivity contribution in [2.45, 2.75) is 0 Å². The zero-order valence-electron chi connectivity index (χ0n) is 13.3. The van der Waals surface area contributed by atoms with Gasteiger partial charge in [-0.2, -0.15) is 4.89 Å². The normalized spacial score (nSPS) is 10.3. The Morgan fingerprint density at radius 2 is 1.29 bits per heavy atom. The van der Waals surface area contributed by atoms with Crippen LogP contribution in [0.4, 0.5) is 0 Å². The lowest BCUT2D eigenvalue weighted by Crippen LogP contribution is -2.18. The summed E-state index contributed by atoms with van der Waals surface area (Å²) in [5.74, 6) is 0.691. The number of para-hydroxylation sites is 2. The molecule has 0 spiro atoms. The third kappa shape index (κ3) is 7.73. The Balaban J connectivity index is 1.41. The lowest BCUT2D eigenvalue weighted by molar-refractivity contribution is -0.215. The van der Waals surface area contributed by atoms with Crippen LogP contribution >= 0.6 is 0 Å². The molecule has 0 radical (unpaired) electrons. The number of carbonyl (C=O) groups is 1. The molecule has 0 aliphatic rings. The fraction of sp³-hybridized carbons (Fsp3) is 0.278. The maximum absolute atomic E-state index is 11.5. The zero-order valence-corrected chi connectivity index (χ0v) is 13.3. The van der Waals surface area contributed by atoms with E-state index in [1.807, 2.05) is 24.3 Å². The van der Waals surface area contributed by atoms with E-state index >= 15 is 0 Å². The van der Waals surface area contributed by atoms with E-state index in [0.717, 1.165) is 0 Å². The van der Waals surface area contributed by atoms with Crippen LogP contribution in [0.3, 0.4) is 0 Å². The Labute approximate surface area is 140 Å². The molecule has 0 unspecified atom stereocenters. The van der Waals surface area contributed by atoms with Crippen LogP contribution in [-0.2, 0) is 19.2 Å². The van der Waals surface area contributed by atoms with E-state index in [1.54, 1.807) is 36.4 Å². The summed E-state index contributed by atoms with van der Waals surface area (Å²) in [6.45, 7) is 1.19. The van der Waals surface area contributed by atoms with E-state index in [-0.39, 0.29) is 6.61 Å². The van der Waals surface area contributed by atoms with E-state index in [4.69, 9.17) is 24.0 Å². The van der Waals surface area contributed by atoms with Crippen molar-refractivity contribution >= 4 is 5.97 Å². The van der Waals surface area contributed by atoms with Gasteiger partial charge in [0, 0.05) is 0 Å². The first-order chi connectivity index (χ1) is 11.8. The fourth-order valence-corrected chi connectivity index (χ4v) is 1.70. The lowest BCUT2D eigenvalue weighted by atomic mass is 10.3. The molecule has 2 aromatic carbocycles. The molecule has 0 bridgehead atoms. The summed E-state index contributed by atoms with van der Waals surface area (Å²) < 4.78 is 15.5. The maximum Gasteiger partial charge on any atom is 0.337 e. The molecule has 0 aromatic heterocycles. The molecule has 24 heavy (non-hydrogen) atoms. The first-order valence-corrected chi connectivity index (χ1v) is 7.60. The van der Waals surface area contributed by atoms with E-state index in [0.29, 0.717) is 37.9 Å². The Morgan fingerprint density at radius 3 is 2.00 bits per heavy atom. The van der Waals surface area contributed by atoms with Gasteiger partial charge in [-0.1, -0.05) is 36.4 Å². The van der Waals surface area contributed by atoms with Crippen LogP contribution in [0.5, 0.6) is 11.5 Å². The van der Waals surface area contributed by atoms with Crippen molar-refractivity contribution in [3.05, 3.63) is 60.7 Å². The molecule has 128 valence electrons. The van der Waals surface area contributed by atoms with Crippen molar-refractivity contribution in [1.29, 1.82) is 0 Å². The summed E-state index contributed by atoms with van der Waals surface area (Å²) in [5.41, 5.74) is 0. The molecule has 0 N–H and O–H groups in total. The Kier molecular flexibility index (Phi) is 8.35. The standard InChI is InChI=1S/C18H20O6/c19-18(23-16-7-3-1-4-8-16)15-21-12-11-20-13-14-22-24-17-9-5-2-6-10-17/h1-10H,11-15H2. The number of hydrogen-bond acceptors (Lipinski definition) is 6. The van der Waals surface area contributed by atoms with Crippen LogP contribution in [0.2, 0.25) is 0 Å². The van der Waals surface area contributed by atoms with E-state index < -0.39 is 5.97 Å². The van der Waals surface area contributed by atoms with Gasteiger partial charge in [-0.05, 0) is 24.3 Å². The monoisotopic (exact) mass is 332 g/mol. The van der Waals surface area contributed by atoms with Gasteiger partial charge in [-0.25, -0.2) is 4.79 Å². The van der Waals surface area contributed by atoms with Gasteiger partial charge in [0.25, 0.3) is 0 Å². The van der Waals surface area contributed by atoms with Crippen LogP contribution < -0.4 is 9.62 Å². The van der Waals surface area contributed by atoms with Gasteiger partial charge in [0.2, 0.25) is 0 Å². The van der Waals surface area contributed by atoms with Gasteiger partial charge >= 0.3 is 5.97 Å².